The molecule has 1 heterocycles. The molecule has 1 unspecified atom stereocenters. The van der Waals surface area contributed by atoms with E-state index < -0.39 is 5.82 Å². The maximum atomic E-state index is 13.3. The summed E-state index contributed by atoms with van der Waals surface area (Å²) < 4.78 is 26.4. The van der Waals surface area contributed by atoms with E-state index >= 15 is 0 Å². The van der Waals surface area contributed by atoms with E-state index in [1.807, 2.05) is 49.6 Å². The van der Waals surface area contributed by atoms with Gasteiger partial charge in [-0.1, -0.05) is 23.4 Å². The number of ether oxygens (including phenoxy) is 2. The lowest BCUT2D eigenvalue weighted by Gasteiger charge is -2.19. The fourth-order valence-corrected chi connectivity index (χ4v) is 4.02. The zero-order valence-electron chi connectivity index (χ0n) is 18.1. The fraction of sp³-hybridized carbons (Fsp3) is 0.318. The van der Waals surface area contributed by atoms with Crippen LogP contribution in [0.1, 0.15) is 38.7 Å². The van der Waals surface area contributed by atoms with E-state index in [1.54, 1.807) is 7.11 Å². The van der Waals surface area contributed by atoms with Gasteiger partial charge in [0.25, 0.3) is 0 Å². The van der Waals surface area contributed by atoms with Crippen LogP contribution in [-0.4, -0.2) is 33.5 Å². The molecule has 32 heavy (non-hydrogen) atoms. The van der Waals surface area contributed by atoms with Crippen LogP contribution in [0.4, 0.5) is 10.1 Å². The monoisotopic (exact) mass is 478 g/mol. The smallest absolute Gasteiger partial charge is 0.234 e. The largest absolute Gasteiger partial charge is 0.497 e. The van der Waals surface area contributed by atoms with Gasteiger partial charge in [0.15, 0.2) is 17.1 Å². The molecule has 3 aromatic rings. The standard InChI is InChI=1S/C22H24ClFN4O3S/c1-13(2)28-21(14(3)31-17-8-6-16(30-4)7-9-17)26-27-22(28)32-12-20(29)25-15-5-10-19(24)18(23)11-15/h5-11,13-14H,12H2,1-4H3,(H,25,29). The molecule has 170 valence electrons. The van der Waals surface area contributed by atoms with Crippen molar-refractivity contribution in [2.75, 3.05) is 18.2 Å². The topological polar surface area (TPSA) is 78.3 Å². The van der Waals surface area contributed by atoms with Crippen LogP contribution in [0.25, 0.3) is 0 Å². The maximum absolute atomic E-state index is 13.3. The van der Waals surface area contributed by atoms with Crippen LogP contribution in [0.15, 0.2) is 47.6 Å². The predicted octanol–water partition coefficient (Wildman–Crippen LogP) is 5.53. The molecular formula is C22H24ClFN4O3S. The van der Waals surface area contributed by atoms with Gasteiger partial charge in [-0.3, -0.25) is 4.79 Å². The molecule has 0 radical (unpaired) electrons. The molecular weight excluding hydrogens is 455 g/mol. The Morgan fingerprint density at radius 2 is 1.84 bits per heavy atom. The van der Waals surface area contributed by atoms with Crippen molar-refractivity contribution in [1.82, 2.24) is 14.8 Å². The van der Waals surface area contributed by atoms with Crippen LogP contribution in [0.2, 0.25) is 5.02 Å². The number of amides is 1. The average Bonchev–Trinajstić information content (AvgIpc) is 3.20. The van der Waals surface area contributed by atoms with Gasteiger partial charge in [-0.25, -0.2) is 4.39 Å². The first kappa shape index (κ1) is 23.9. The van der Waals surface area contributed by atoms with Crippen molar-refractivity contribution in [3.8, 4) is 11.5 Å². The normalized spacial score (nSPS) is 12.0. The molecule has 0 saturated carbocycles. The molecule has 1 atom stereocenters. The van der Waals surface area contributed by atoms with Gasteiger partial charge < -0.3 is 19.4 Å². The molecule has 7 nitrogen and oxygen atoms in total. The summed E-state index contributed by atoms with van der Waals surface area (Å²) in [6.07, 6.45) is -0.358. The minimum Gasteiger partial charge on any atom is -0.497 e. The molecule has 3 rings (SSSR count). The number of nitrogens with zero attached hydrogens (tertiary/aromatic N) is 3. The van der Waals surface area contributed by atoms with Gasteiger partial charge in [0, 0.05) is 11.7 Å². The van der Waals surface area contributed by atoms with Gasteiger partial charge in [0.1, 0.15) is 17.3 Å². The van der Waals surface area contributed by atoms with E-state index in [9.17, 15) is 9.18 Å². The molecule has 0 aliphatic heterocycles. The highest BCUT2D eigenvalue weighted by molar-refractivity contribution is 7.99. The Kier molecular flexibility index (Phi) is 7.98. The lowest BCUT2D eigenvalue weighted by molar-refractivity contribution is -0.113. The zero-order chi connectivity index (χ0) is 23.3. The summed E-state index contributed by atoms with van der Waals surface area (Å²) in [7, 11) is 1.61. The van der Waals surface area contributed by atoms with Crippen molar-refractivity contribution >= 4 is 35.0 Å². The number of thioether (sulfide) groups is 1. The maximum Gasteiger partial charge on any atom is 0.234 e. The lowest BCUT2D eigenvalue weighted by Crippen LogP contribution is -2.16. The van der Waals surface area contributed by atoms with Crippen LogP contribution < -0.4 is 14.8 Å². The first-order chi connectivity index (χ1) is 15.3. The molecule has 1 N–H and O–H groups in total. The highest BCUT2D eigenvalue weighted by atomic mass is 35.5. The van der Waals surface area contributed by atoms with Crippen molar-refractivity contribution in [3.63, 3.8) is 0 Å². The first-order valence-corrected chi connectivity index (χ1v) is 11.3. The van der Waals surface area contributed by atoms with Gasteiger partial charge in [-0.15, -0.1) is 10.2 Å². The highest BCUT2D eigenvalue weighted by Crippen LogP contribution is 2.28. The average molecular weight is 479 g/mol. The number of anilines is 1. The molecule has 1 amide bonds. The first-order valence-electron chi connectivity index (χ1n) is 9.91. The van der Waals surface area contributed by atoms with Crippen molar-refractivity contribution in [1.29, 1.82) is 0 Å². The Hall–Kier alpha value is -2.78. The Balaban J connectivity index is 1.66. The number of carbonyl (C=O) groups is 1. The van der Waals surface area contributed by atoms with Crippen LogP contribution in [0, 0.1) is 5.82 Å². The Morgan fingerprint density at radius 3 is 2.47 bits per heavy atom. The molecule has 0 aliphatic carbocycles. The number of rotatable bonds is 9. The quantitative estimate of drug-likeness (QED) is 0.407. The highest BCUT2D eigenvalue weighted by Gasteiger charge is 2.22. The Bertz CT molecular complexity index is 1080. The summed E-state index contributed by atoms with van der Waals surface area (Å²) in [5.74, 6) is 1.39. The van der Waals surface area contributed by atoms with Gasteiger partial charge in [-0.05, 0) is 63.2 Å². The Labute approximate surface area is 195 Å². The number of hydrogen-bond donors (Lipinski definition) is 1. The number of carbonyl (C=O) groups excluding carboxylic acids is 1. The summed E-state index contributed by atoms with van der Waals surface area (Å²) in [5, 5.41) is 11.8. The minimum absolute atomic E-state index is 0.0505. The molecule has 2 aromatic carbocycles. The van der Waals surface area contributed by atoms with E-state index in [4.69, 9.17) is 21.1 Å². The second-order valence-electron chi connectivity index (χ2n) is 7.21. The lowest BCUT2D eigenvalue weighted by atomic mass is 10.3. The van der Waals surface area contributed by atoms with Crippen LogP contribution in [0.3, 0.4) is 0 Å². The van der Waals surface area contributed by atoms with Crippen molar-refractivity contribution in [2.24, 2.45) is 0 Å². The van der Waals surface area contributed by atoms with Gasteiger partial charge >= 0.3 is 0 Å². The van der Waals surface area contributed by atoms with Crippen LogP contribution in [-0.2, 0) is 4.79 Å². The van der Waals surface area contributed by atoms with E-state index in [2.05, 4.69) is 15.5 Å². The van der Waals surface area contributed by atoms with E-state index in [1.165, 1.54) is 30.0 Å². The molecule has 0 saturated heterocycles. The third kappa shape index (κ3) is 5.92. The number of halogens is 2. The number of hydrogen-bond acceptors (Lipinski definition) is 6. The van der Waals surface area contributed by atoms with Gasteiger partial charge in [-0.2, -0.15) is 0 Å². The third-order valence-electron chi connectivity index (χ3n) is 4.48. The zero-order valence-corrected chi connectivity index (χ0v) is 19.7. The molecule has 0 aliphatic rings. The van der Waals surface area contributed by atoms with Crippen molar-refractivity contribution in [3.05, 3.63) is 59.1 Å². The molecule has 0 bridgehead atoms. The summed E-state index contributed by atoms with van der Waals surface area (Å²) in [4.78, 5) is 12.3. The summed E-state index contributed by atoms with van der Waals surface area (Å²) in [6.45, 7) is 5.92. The molecule has 0 spiro atoms. The summed E-state index contributed by atoms with van der Waals surface area (Å²) >= 11 is 7.02. The molecule has 10 heteroatoms. The number of benzene rings is 2. The summed E-state index contributed by atoms with van der Waals surface area (Å²) in [5.41, 5.74) is 0.425. The minimum atomic E-state index is -0.539. The SMILES string of the molecule is COc1ccc(OC(C)c2nnc(SCC(=O)Nc3ccc(F)c(Cl)c3)n2C(C)C)cc1. The van der Waals surface area contributed by atoms with Crippen LogP contribution in [0.5, 0.6) is 11.5 Å². The second-order valence-corrected chi connectivity index (χ2v) is 8.56. The van der Waals surface area contributed by atoms with E-state index in [0.29, 0.717) is 22.4 Å². The number of methoxy groups -OCH3 is 1. The summed E-state index contributed by atoms with van der Waals surface area (Å²) in [6, 6.07) is 11.4. The predicted molar refractivity (Wildman–Crippen MR) is 123 cm³/mol. The van der Waals surface area contributed by atoms with E-state index in [0.717, 1.165) is 5.75 Å². The van der Waals surface area contributed by atoms with E-state index in [-0.39, 0.29) is 28.8 Å². The van der Waals surface area contributed by atoms with Crippen LogP contribution >= 0.6 is 23.4 Å². The molecule has 0 fully saturated rings. The number of aromatic nitrogens is 3. The number of nitrogens with one attached hydrogen (secondary N) is 1. The third-order valence-corrected chi connectivity index (χ3v) is 5.71. The van der Waals surface area contributed by atoms with Crippen molar-refractivity contribution < 1.29 is 18.7 Å². The van der Waals surface area contributed by atoms with Gasteiger partial charge in [0.05, 0.1) is 17.9 Å². The Morgan fingerprint density at radius 1 is 1.16 bits per heavy atom. The van der Waals surface area contributed by atoms with Gasteiger partial charge in [0.2, 0.25) is 5.91 Å². The van der Waals surface area contributed by atoms with Crippen molar-refractivity contribution in [2.45, 2.75) is 38.1 Å². The fourth-order valence-electron chi connectivity index (χ4n) is 2.96. The molecule has 1 aromatic heterocycles. The second kappa shape index (κ2) is 10.7.